The standard InChI is InChI=1S/C15H21N5S/c1-12-2-3-13(11-18-12)14(10-16)19-5-7-20(8-6-19)15-17-4-9-21-15/h2-4,9,11,14H,5-8,10,16H2,1H3. The molecule has 1 fully saturated rings. The molecule has 0 radical (unpaired) electrons. The molecule has 21 heavy (non-hydrogen) atoms. The Labute approximate surface area is 129 Å². The summed E-state index contributed by atoms with van der Waals surface area (Å²) in [5.74, 6) is 0. The molecule has 2 aromatic rings. The molecular weight excluding hydrogens is 282 g/mol. The number of piperazine rings is 1. The number of aryl methyl sites for hydroxylation is 1. The molecule has 3 heterocycles. The first kappa shape index (κ1) is 14.4. The third-order valence-electron chi connectivity index (χ3n) is 3.99. The maximum absolute atomic E-state index is 6.01. The van der Waals surface area contributed by atoms with Crippen molar-refractivity contribution in [1.82, 2.24) is 14.9 Å². The molecule has 1 aliphatic rings. The van der Waals surface area contributed by atoms with Crippen molar-refractivity contribution in [1.29, 1.82) is 0 Å². The molecule has 112 valence electrons. The fraction of sp³-hybridized carbons (Fsp3) is 0.467. The van der Waals surface area contributed by atoms with Crippen molar-refractivity contribution in [2.75, 3.05) is 37.6 Å². The van der Waals surface area contributed by atoms with Gasteiger partial charge >= 0.3 is 0 Å². The van der Waals surface area contributed by atoms with Crippen LogP contribution in [0.4, 0.5) is 5.13 Å². The number of nitrogens with zero attached hydrogens (tertiary/aromatic N) is 4. The summed E-state index contributed by atoms with van der Waals surface area (Å²) in [5.41, 5.74) is 8.27. The highest BCUT2D eigenvalue weighted by Gasteiger charge is 2.25. The second-order valence-corrected chi connectivity index (χ2v) is 6.20. The number of hydrogen-bond donors (Lipinski definition) is 1. The Kier molecular flexibility index (Phi) is 4.48. The van der Waals surface area contributed by atoms with E-state index in [2.05, 4.69) is 31.9 Å². The lowest BCUT2D eigenvalue weighted by molar-refractivity contribution is 0.190. The lowest BCUT2D eigenvalue weighted by Gasteiger charge is -2.39. The third-order valence-corrected chi connectivity index (χ3v) is 4.82. The first-order valence-corrected chi connectivity index (χ1v) is 8.17. The fourth-order valence-corrected chi connectivity index (χ4v) is 3.47. The zero-order valence-electron chi connectivity index (χ0n) is 12.3. The molecule has 2 N–H and O–H groups in total. The van der Waals surface area contributed by atoms with Gasteiger partial charge in [0.15, 0.2) is 5.13 Å². The quantitative estimate of drug-likeness (QED) is 0.931. The van der Waals surface area contributed by atoms with Crippen LogP contribution in [0.25, 0.3) is 0 Å². The van der Waals surface area contributed by atoms with Crippen LogP contribution in [0.5, 0.6) is 0 Å². The summed E-state index contributed by atoms with van der Waals surface area (Å²) >= 11 is 1.70. The summed E-state index contributed by atoms with van der Waals surface area (Å²) in [7, 11) is 0. The van der Waals surface area contributed by atoms with E-state index in [0.29, 0.717) is 6.54 Å². The second kappa shape index (κ2) is 6.51. The minimum absolute atomic E-state index is 0.261. The molecule has 0 amide bonds. The molecule has 1 aliphatic heterocycles. The molecule has 1 saturated heterocycles. The minimum Gasteiger partial charge on any atom is -0.346 e. The van der Waals surface area contributed by atoms with E-state index in [9.17, 15) is 0 Å². The number of hydrogen-bond acceptors (Lipinski definition) is 6. The van der Waals surface area contributed by atoms with Crippen molar-refractivity contribution in [2.45, 2.75) is 13.0 Å². The maximum Gasteiger partial charge on any atom is 0.185 e. The average Bonchev–Trinajstić information content (AvgIpc) is 3.05. The molecule has 5 nitrogen and oxygen atoms in total. The van der Waals surface area contributed by atoms with Crippen molar-refractivity contribution in [3.05, 3.63) is 41.2 Å². The van der Waals surface area contributed by atoms with Gasteiger partial charge in [0.1, 0.15) is 0 Å². The van der Waals surface area contributed by atoms with Crippen molar-refractivity contribution in [3.63, 3.8) is 0 Å². The van der Waals surface area contributed by atoms with E-state index >= 15 is 0 Å². The molecule has 1 unspecified atom stereocenters. The summed E-state index contributed by atoms with van der Waals surface area (Å²) in [6.45, 7) is 6.66. The van der Waals surface area contributed by atoms with Crippen LogP contribution in [0, 0.1) is 6.92 Å². The third kappa shape index (κ3) is 3.23. The highest BCUT2D eigenvalue weighted by Crippen LogP contribution is 2.24. The van der Waals surface area contributed by atoms with Crippen LogP contribution in [-0.2, 0) is 0 Å². The van der Waals surface area contributed by atoms with E-state index in [1.165, 1.54) is 5.56 Å². The van der Waals surface area contributed by atoms with Crippen molar-refractivity contribution in [2.24, 2.45) is 5.73 Å². The maximum atomic E-state index is 6.01. The monoisotopic (exact) mass is 303 g/mol. The van der Waals surface area contributed by atoms with E-state index in [1.807, 2.05) is 24.7 Å². The molecule has 0 aromatic carbocycles. The van der Waals surface area contributed by atoms with E-state index in [0.717, 1.165) is 37.0 Å². The number of aromatic nitrogens is 2. The Balaban J connectivity index is 1.65. The second-order valence-electron chi connectivity index (χ2n) is 5.32. The normalized spacial score (nSPS) is 17.9. The highest BCUT2D eigenvalue weighted by atomic mass is 32.1. The Hall–Kier alpha value is -1.50. The van der Waals surface area contributed by atoms with E-state index < -0.39 is 0 Å². The predicted octanol–water partition coefficient (Wildman–Crippen LogP) is 1.67. The van der Waals surface area contributed by atoms with Gasteiger partial charge < -0.3 is 10.6 Å². The lowest BCUT2D eigenvalue weighted by Crippen LogP contribution is -2.49. The summed E-state index contributed by atoms with van der Waals surface area (Å²) in [5, 5.41) is 3.15. The van der Waals surface area contributed by atoms with Crippen LogP contribution in [0.1, 0.15) is 17.3 Å². The van der Waals surface area contributed by atoms with E-state index in [4.69, 9.17) is 5.73 Å². The van der Waals surface area contributed by atoms with Gasteiger partial charge in [0, 0.05) is 62.2 Å². The van der Waals surface area contributed by atoms with E-state index in [-0.39, 0.29) is 6.04 Å². The Morgan fingerprint density at radius 1 is 1.24 bits per heavy atom. The fourth-order valence-electron chi connectivity index (χ4n) is 2.77. The molecule has 0 saturated carbocycles. The van der Waals surface area contributed by atoms with Gasteiger partial charge in [-0.1, -0.05) is 6.07 Å². The number of pyridine rings is 1. The van der Waals surface area contributed by atoms with Crippen LogP contribution < -0.4 is 10.6 Å². The van der Waals surface area contributed by atoms with Gasteiger partial charge in [0.2, 0.25) is 0 Å². The highest BCUT2D eigenvalue weighted by molar-refractivity contribution is 7.13. The molecular formula is C15H21N5S. The number of thiazole rings is 1. The summed E-state index contributed by atoms with van der Waals surface area (Å²) in [6, 6.07) is 4.47. The van der Waals surface area contributed by atoms with E-state index in [1.54, 1.807) is 11.3 Å². The van der Waals surface area contributed by atoms with Crippen LogP contribution in [-0.4, -0.2) is 47.6 Å². The van der Waals surface area contributed by atoms with Gasteiger partial charge in [-0.25, -0.2) is 4.98 Å². The first-order chi connectivity index (χ1) is 10.3. The first-order valence-electron chi connectivity index (χ1n) is 7.29. The van der Waals surface area contributed by atoms with Crippen molar-refractivity contribution >= 4 is 16.5 Å². The molecule has 0 aliphatic carbocycles. The predicted molar refractivity (Wildman–Crippen MR) is 86.7 cm³/mol. The Bertz CT molecular complexity index is 546. The van der Waals surface area contributed by atoms with Crippen LogP contribution in [0.15, 0.2) is 29.9 Å². The number of nitrogens with two attached hydrogens (primary N) is 1. The van der Waals surface area contributed by atoms with Crippen LogP contribution >= 0.6 is 11.3 Å². The van der Waals surface area contributed by atoms with Gasteiger partial charge in [0.05, 0.1) is 0 Å². The molecule has 0 spiro atoms. The van der Waals surface area contributed by atoms with Crippen LogP contribution in [0.3, 0.4) is 0 Å². The average molecular weight is 303 g/mol. The summed E-state index contributed by atoms with van der Waals surface area (Å²) in [6.07, 6.45) is 3.83. The van der Waals surface area contributed by atoms with Crippen molar-refractivity contribution in [3.8, 4) is 0 Å². The van der Waals surface area contributed by atoms with Gasteiger partial charge in [-0.2, -0.15) is 0 Å². The van der Waals surface area contributed by atoms with Crippen LogP contribution in [0.2, 0.25) is 0 Å². The largest absolute Gasteiger partial charge is 0.346 e. The summed E-state index contributed by atoms with van der Waals surface area (Å²) < 4.78 is 0. The molecule has 3 rings (SSSR count). The molecule has 2 aromatic heterocycles. The van der Waals surface area contributed by atoms with Gasteiger partial charge in [-0.3, -0.25) is 9.88 Å². The zero-order chi connectivity index (χ0) is 14.7. The topological polar surface area (TPSA) is 58.3 Å². The van der Waals surface area contributed by atoms with Gasteiger partial charge in [-0.15, -0.1) is 11.3 Å². The van der Waals surface area contributed by atoms with Gasteiger partial charge in [0.25, 0.3) is 0 Å². The summed E-state index contributed by atoms with van der Waals surface area (Å²) in [4.78, 5) is 13.6. The van der Waals surface area contributed by atoms with Crippen molar-refractivity contribution < 1.29 is 0 Å². The zero-order valence-corrected chi connectivity index (χ0v) is 13.1. The Morgan fingerprint density at radius 3 is 2.62 bits per heavy atom. The number of anilines is 1. The molecule has 0 bridgehead atoms. The smallest absolute Gasteiger partial charge is 0.185 e. The molecule has 6 heteroatoms. The Morgan fingerprint density at radius 2 is 2.05 bits per heavy atom. The molecule has 1 atom stereocenters. The SMILES string of the molecule is Cc1ccc(C(CN)N2CCN(c3nccs3)CC2)cn1. The van der Waals surface area contributed by atoms with Gasteiger partial charge in [-0.05, 0) is 18.6 Å². The number of rotatable bonds is 4. The lowest BCUT2D eigenvalue weighted by atomic mass is 10.1. The minimum atomic E-state index is 0.261.